The van der Waals surface area contributed by atoms with E-state index in [1.165, 1.54) is 6.21 Å². The molecule has 0 spiro atoms. The zero-order valence-corrected chi connectivity index (χ0v) is 15.8. The van der Waals surface area contributed by atoms with Crippen LogP contribution in [0.2, 0.25) is 0 Å². The Morgan fingerprint density at radius 3 is 2.40 bits per heavy atom. The van der Waals surface area contributed by atoms with Gasteiger partial charge >= 0.3 is 0 Å². The number of benzene rings is 2. The van der Waals surface area contributed by atoms with Crippen LogP contribution in [0, 0.1) is 0 Å². The average Bonchev–Trinajstić information content (AvgIpc) is 2.63. The number of hydrazone groups is 1. The molecule has 7 heteroatoms. The van der Waals surface area contributed by atoms with E-state index >= 15 is 0 Å². The van der Waals surface area contributed by atoms with Crippen LogP contribution in [0.25, 0.3) is 0 Å². The Kier molecular flexibility index (Phi) is 6.82. The number of nitrogens with zero attached hydrogens (tertiary/aromatic N) is 1. The molecule has 0 heterocycles. The minimum absolute atomic E-state index is 0.309. The Bertz CT molecular complexity index is 760. The van der Waals surface area contributed by atoms with Gasteiger partial charge < -0.3 is 14.2 Å². The van der Waals surface area contributed by atoms with Crippen molar-refractivity contribution < 1.29 is 19.0 Å². The summed E-state index contributed by atoms with van der Waals surface area (Å²) < 4.78 is 16.6. The third-order valence-corrected chi connectivity index (χ3v) is 3.99. The number of rotatable bonds is 7. The summed E-state index contributed by atoms with van der Waals surface area (Å²) in [6, 6.07) is 10.4. The Hall–Kier alpha value is -2.54. The monoisotopic (exact) mass is 406 g/mol. The highest BCUT2D eigenvalue weighted by molar-refractivity contribution is 9.10. The van der Waals surface area contributed by atoms with Crippen LogP contribution < -0.4 is 19.6 Å². The van der Waals surface area contributed by atoms with Crippen LogP contribution in [0.5, 0.6) is 17.2 Å². The summed E-state index contributed by atoms with van der Waals surface area (Å²) in [6.07, 6.45) is 1.53. The van der Waals surface area contributed by atoms with Crippen molar-refractivity contribution in [3.05, 3.63) is 52.0 Å². The lowest BCUT2D eigenvalue weighted by atomic mass is 10.2. The summed E-state index contributed by atoms with van der Waals surface area (Å²) in [7, 11) is 3.12. The molecule has 1 N–H and O–H groups in total. The van der Waals surface area contributed by atoms with E-state index < -0.39 is 0 Å². The fourth-order valence-corrected chi connectivity index (χ4v) is 2.49. The number of nitrogens with one attached hydrogen (secondary N) is 1. The van der Waals surface area contributed by atoms with Gasteiger partial charge in [-0.1, -0.05) is 0 Å². The van der Waals surface area contributed by atoms with Gasteiger partial charge in [-0.15, -0.1) is 0 Å². The van der Waals surface area contributed by atoms with Crippen LogP contribution in [0.4, 0.5) is 0 Å². The summed E-state index contributed by atoms with van der Waals surface area (Å²) in [6.45, 7) is 2.48. The van der Waals surface area contributed by atoms with Gasteiger partial charge in [0.05, 0.1) is 27.0 Å². The highest BCUT2D eigenvalue weighted by atomic mass is 79.9. The third kappa shape index (κ3) is 4.96. The second kappa shape index (κ2) is 9.08. The minimum atomic E-state index is -0.309. The van der Waals surface area contributed by atoms with Crippen LogP contribution in [0.15, 0.2) is 46.0 Å². The van der Waals surface area contributed by atoms with Gasteiger partial charge in [0.1, 0.15) is 5.75 Å². The van der Waals surface area contributed by atoms with Crippen LogP contribution >= 0.6 is 15.9 Å². The minimum Gasteiger partial charge on any atom is -0.494 e. The molecule has 0 aliphatic heterocycles. The quantitative estimate of drug-likeness (QED) is 0.562. The molecule has 132 valence electrons. The summed E-state index contributed by atoms with van der Waals surface area (Å²) in [5, 5.41) is 3.99. The molecule has 0 aromatic heterocycles. The van der Waals surface area contributed by atoms with E-state index in [4.69, 9.17) is 14.2 Å². The zero-order chi connectivity index (χ0) is 18.2. The molecule has 0 aliphatic carbocycles. The first-order chi connectivity index (χ1) is 12.1. The van der Waals surface area contributed by atoms with Gasteiger partial charge in [0.25, 0.3) is 5.91 Å². The number of hydrogen-bond donors (Lipinski definition) is 1. The predicted molar refractivity (Wildman–Crippen MR) is 99.9 cm³/mol. The Morgan fingerprint density at radius 2 is 1.80 bits per heavy atom. The van der Waals surface area contributed by atoms with Gasteiger partial charge in [-0.05, 0) is 59.3 Å². The number of hydrogen-bond acceptors (Lipinski definition) is 5. The molecule has 2 aromatic rings. The predicted octanol–water partition coefficient (Wildman–Crippen LogP) is 3.63. The van der Waals surface area contributed by atoms with Crippen molar-refractivity contribution in [2.75, 3.05) is 20.8 Å². The molecule has 0 radical (unpaired) electrons. The molecule has 0 aliphatic rings. The highest BCUT2D eigenvalue weighted by Crippen LogP contribution is 2.32. The van der Waals surface area contributed by atoms with Crippen molar-refractivity contribution in [3.63, 3.8) is 0 Å². The molecular weight excluding hydrogens is 388 g/mol. The zero-order valence-electron chi connectivity index (χ0n) is 14.2. The lowest BCUT2D eigenvalue weighted by Gasteiger charge is -2.09. The highest BCUT2D eigenvalue weighted by Gasteiger charge is 2.09. The van der Waals surface area contributed by atoms with Gasteiger partial charge in [-0.3, -0.25) is 4.79 Å². The molecule has 0 fully saturated rings. The van der Waals surface area contributed by atoms with E-state index in [2.05, 4.69) is 26.5 Å². The maximum Gasteiger partial charge on any atom is 0.271 e. The molecule has 6 nitrogen and oxygen atoms in total. The number of methoxy groups -OCH3 is 2. The van der Waals surface area contributed by atoms with Crippen molar-refractivity contribution >= 4 is 28.1 Å². The molecule has 0 bridgehead atoms. The van der Waals surface area contributed by atoms with Crippen molar-refractivity contribution in [3.8, 4) is 17.2 Å². The Labute approximate surface area is 154 Å². The summed E-state index contributed by atoms with van der Waals surface area (Å²) in [5.41, 5.74) is 3.72. The largest absolute Gasteiger partial charge is 0.494 e. The van der Waals surface area contributed by atoms with Gasteiger partial charge in [-0.25, -0.2) is 5.43 Å². The number of amides is 1. The van der Waals surface area contributed by atoms with E-state index in [0.29, 0.717) is 23.7 Å². The molecule has 0 saturated heterocycles. The summed E-state index contributed by atoms with van der Waals surface area (Å²) in [5.74, 6) is 1.59. The van der Waals surface area contributed by atoms with Crippen LogP contribution in [-0.2, 0) is 0 Å². The lowest BCUT2D eigenvalue weighted by molar-refractivity contribution is 0.0955. The number of halogens is 1. The first kappa shape index (κ1) is 18.8. The fourth-order valence-electron chi connectivity index (χ4n) is 2.06. The molecule has 2 aromatic carbocycles. The molecule has 0 saturated carbocycles. The van der Waals surface area contributed by atoms with E-state index in [0.717, 1.165) is 15.8 Å². The third-order valence-electron chi connectivity index (χ3n) is 3.30. The van der Waals surface area contributed by atoms with Crippen molar-refractivity contribution in [1.29, 1.82) is 0 Å². The maximum absolute atomic E-state index is 12.1. The standard InChI is InChI=1S/C18H19BrN2O4/c1-4-25-14-7-5-12(6-8-14)18(22)21-20-11-13-9-16(23-2)17(24-3)10-15(13)19/h5-11H,4H2,1-3H3,(H,21,22)/b20-11-. The number of carbonyl (C=O) groups is 1. The lowest BCUT2D eigenvalue weighted by Crippen LogP contribution is -2.17. The van der Waals surface area contributed by atoms with E-state index in [1.807, 2.05) is 6.92 Å². The Morgan fingerprint density at radius 1 is 1.16 bits per heavy atom. The summed E-state index contributed by atoms with van der Waals surface area (Å²) in [4.78, 5) is 12.1. The van der Waals surface area contributed by atoms with Gasteiger partial charge in [0.15, 0.2) is 11.5 Å². The maximum atomic E-state index is 12.1. The topological polar surface area (TPSA) is 69.2 Å². The smallest absolute Gasteiger partial charge is 0.271 e. The van der Waals surface area contributed by atoms with Gasteiger partial charge in [-0.2, -0.15) is 5.10 Å². The van der Waals surface area contributed by atoms with Crippen LogP contribution in [0.1, 0.15) is 22.8 Å². The van der Waals surface area contributed by atoms with Crippen molar-refractivity contribution in [2.24, 2.45) is 5.10 Å². The van der Waals surface area contributed by atoms with Gasteiger partial charge in [0.2, 0.25) is 0 Å². The molecule has 2 rings (SSSR count). The average molecular weight is 407 g/mol. The Balaban J connectivity index is 2.06. The molecule has 1 amide bonds. The number of ether oxygens (including phenoxy) is 3. The van der Waals surface area contributed by atoms with E-state index in [1.54, 1.807) is 50.6 Å². The summed E-state index contributed by atoms with van der Waals surface area (Å²) >= 11 is 3.43. The second-order valence-corrected chi connectivity index (χ2v) is 5.74. The van der Waals surface area contributed by atoms with E-state index in [-0.39, 0.29) is 5.91 Å². The number of carbonyl (C=O) groups excluding carboxylic acids is 1. The SMILES string of the molecule is CCOc1ccc(C(=O)N/N=C\c2cc(OC)c(OC)cc2Br)cc1. The molecule has 0 atom stereocenters. The second-order valence-electron chi connectivity index (χ2n) is 4.89. The normalized spacial score (nSPS) is 10.6. The van der Waals surface area contributed by atoms with Crippen molar-refractivity contribution in [2.45, 2.75) is 6.92 Å². The van der Waals surface area contributed by atoms with Gasteiger partial charge in [0, 0.05) is 15.6 Å². The van der Waals surface area contributed by atoms with Crippen molar-refractivity contribution in [1.82, 2.24) is 5.43 Å². The molecular formula is C18H19BrN2O4. The molecule has 0 unspecified atom stereocenters. The van der Waals surface area contributed by atoms with Crippen LogP contribution in [0.3, 0.4) is 0 Å². The molecule has 25 heavy (non-hydrogen) atoms. The van der Waals surface area contributed by atoms with E-state index in [9.17, 15) is 4.79 Å². The fraction of sp³-hybridized carbons (Fsp3) is 0.222. The first-order valence-electron chi connectivity index (χ1n) is 7.56. The van der Waals surface area contributed by atoms with Crippen LogP contribution in [-0.4, -0.2) is 32.9 Å². The first-order valence-corrected chi connectivity index (χ1v) is 8.36.